The van der Waals surface area contributed by atoms with Gasteiger partial charge in [-0.2, -0.15) is 0 Å². The Kier molecular flexibility index (Phi) is 6.75. The Labute approximate surface area is 125 Å². The molecular weight excluding hydrogens is 264 g/mol. The highest BCUT2D eigenvalue weighted by molar-refractivity contribution is 5.94. The lowest BCUT2D eigenvalue weighted by Crippen LogP contribution is -2.01. The van der Waals surface area contributed by atoms with Crippen molar-refractivity contribution in [3.05, 3.63) is 78.6 Å². The molecule has 0 radical (unpaired) electrons. The Morgan fingerprint density at radius 2 is 1.95 bits per heavy atom. The van der Waals surface area contributed by atoms with Gasteiger partial charge in [0, 0.05) is 0 Å². The first kappa shape index (κ1) is 16.5. The molecule has 0 heterocycles. The third-order valence-corrected chi connectivity index (χ3v) is 2.81. The van der Waals surface area contributed by atoms with Crippen molar-refractivity contribution in [3.63, 3.8) is 0 Å². The number of benzene rings is 1. The predicted octanol–water partition coefficient (Wildman–Crippen LogP) is 4.45. The van der Waals surface area contributed by atoms with Gasteiger partial charge in [-0.15, -0.1) is 6.58 Å². The van der Waals surface area contributed by atoms with E-state index < -0.39 is 5.97 Å². The summed E-state index contributed by atoms with van der Waals surface area (Å²) in [5, 5.41) is 9.23. The molecule has 0 bridgehead atoms. The van der Waals surface area contributed by atoms with Crippen molar-refractivity contribution in [2.24, 2.45) is 0 Å². The van der Waals surface area contributed by atoms with Crippen LogP contribution in [0.1, 0.15) is 29.3 Å². The van der Waals surface area contributed by atoms with E-state index in [9.17, 15) is 9.90 Å². The maximum absolute atomic E-state index is 11.2. The predicted molar refractivity (Wildman–Crippen MR) is 86.1 cm³/mol. The van der Waals surface area contributed by atoms with Gasteiger partial charge in [-0.3, -0.25) is 0 Å². The molecule has 3 nitrogen and oxygen atoms in total. The van der Waals surface area contributed by atoms with Gasteiger partial charge in [-0.05, 0) is 42.7 Å². The second-order valence-electron chi connectivity index (χ2n) is 4.41. The quantitative estimate of drug-likeness (QED) is 0.332. The van der Waals surface area contributed by atoms with Gasteiger partial charge in [0.1, 0.15) is 5.76 Å². The monoisotopic (exact) mass is 284 g/mol. The molecule has 3 heteroatoms. The van der Waals surface area contributed by atoms with Crippen LogP contribution in [-0.4, -0.2) is 17.7 Å². The number of hydrogen-bond donors (Lipinski definition) is 1. The Balaban J connectivity index is 3.06. The van der Waals surface area contributed by atoms with Gasteiger partial charge in [-0.25, -0.2) is 4.79 Å². The largest absolute Gasteiger partial charge is 0.493 e. The van der Waals surface area contributed by atoms with E-state index in [4.69, 9.17) is 4.74 Å². The van der Waals surface area contributed by atoms with Gasteiger partial charge in [0.15, 0.2) is 0 Å². The van der Waals surface area contributed by atoms with Gasteiger partial charge in [0.2, 0.25) is 0 Å². The molecule has 0 amide bonds. The zero-order valence-corrected chi connectivity index (χ0v) is 12.2. The van der Waals surface area contributed by atoms with E-state index in [1.165, 1.54) is 0 Å². The van der Waals surface area contributed by atoms with E-state index in [-0.39, 0.29) is 5.56 Å². The lowest BCUT2D eigenvalue weighted by Gasteiger charge is -2.09. The fraction of sp³-hybridized carbons (Fsp3) is 0.167. The second kappa shape index (κ2) is 8.59. The fourth-order valence-electron chi connectivity index (χ4n) is 1.82. The van der Waals surface area contributed by atoms with Crippen LogP contribution in [0.5, 0.6) is 0 Å². The van der Waals surface area contributed by atoms with E-state index in [1.54, 1.807) is 36.4 Å². The highest BCUT2D eigenvalue weighted by atomic mass is 16.5. The van der Waals surface area contributed by atoms with Crippen molar-refractivity contribution in [3.8, 4) is 0 Å². The molecule has 0 saturated heterocycles. The fourth-order valence-corrected chi connectivity index (χ4v) is 1.82. The van der Waals surface area contributed by atoms with Crippen LogP contribution in [0.25, 0.3) is 5.57 Å². The van der Waals surface area contributed by atoms with E-state index in [1.807, 2.05) is 19.1 Å². The molecule has 21 heavy (non-hydrogen) atoms. The number of rotatable bonds is 8. The maximum Gasteiger partial charge on any atom is 0.336 e. The number of allylic oxidation sites excluding steroid dienone is 4. The number of ether oxygens (including phenoxy) is 1. The summed E-state index contributed by atoms with van der Waals surface area (Å²) in [6.07, 6.45) is 7.72. The summed E-state index contributed by atoms with van der Waals surface area (Å²) in [5.41, 5.74) is 1.77. The van der Waals surface area contributed by atoms with Crippen molar-refractivity contribution in [2.75, 3.05) is 6.61 Å². The average Bonchev–Trinajstić information content (AvgIpc) is 2.47. The Hall–Kier alpha value is -2.55. The molecule has 0 aliphatic rings. The van der Waals surface area contributed by atoms with Gasteiger partial charge >= 0.3 is 5.97 Å². The minimum atomic E-state index is -0.944. The molecule has 1 rings (SSSR count). The molecule has 0 aliphatic carbocycles. The highest BCUT2D eigenvalue weighted by Gasteiger charge is 2.10. The van der Waals surface area contributed by atoms with Gasteiger partial charge in [-0.1, -0.05) is 36.9 Å². The minimum Gasteiger partial charge on any atom is -0.493 e. The number of carbonyl (C=O) groups is 1. The first-order valence-electron chi connectivity index (χ1n) is 6.67. The number of hydrogen-bond acceptors (Lipinski definition) is 2. The van der Waals surface area contributed by atoms with Crippen molar-refractivity contribution >= 4 is 11.5 Å². The Morgan fingerprint density at radius 3 is 2.52 bits per heavy atom. The zero-order valence-electron chi connectivity index (χ0n) is 12.2. The van der Waals surface area contributed by atoms with E-state index in [2.05, 4.69) is 13.2 Å². The van der Waals surface area contributed by atoms with Crippen LogP contribution in [0, 0.1) is 0 Å². The number of aromatic carboxylic acids is 1. The molecule has 1 N–H and O–H groups in total. The SMILES string of the molecule is C=C/C=C(\C=C(/C)c1ccccc1C(=O)O)OCCC=C. The van der Waals surface area contributed by atoms with Crippen LogP contribution in [0.15, 0.2) is 67.5 Å². The van der Waals surface area contributed by atoms with Crippen molar-refractivity contribution in [1.82, 2.24) is 0 Å². The summed E-state index contributed by atoms with van der Waals surface area (Å²) in [7, 11) is 0. The lowest BCUT2D eigenvalue weighted by atomic mass is 10.0. The highest BCUT2D eigenvalue weighted by Crippen LogP contribution is 2.21. The molecular formula is C18H20O3. The third-order valence-electron chi connectivity index (χ3n) is 2.81. The zero-order chi connectivity index (χ0) is 15.7. The van der Waals surface area contributed by atoms with Crippen LogP contribution >= 0.6 is 0 Å². The smallest absolute Gasteiger partial charge is 0.336 e. The van der Waals surface area contributed by atoms with Crippen LogP contribution in [0.4, 0.5) is 0 Å². The standard InChI is InChI=1S/C18H20O3/c1-4-6-12-21-15(9-5-2)13-14(3)16-10-7-8-11-17(16)18(19)20/h4-5,7-11,13H,1-2,6,12H2,3H3,(H,19,20)/b14-13+,15-9+. The van der Waals surface area contributed by atoms with Gasteiger partial charge < -0.3 is 9.84 Å². The molecule has 0 fully saturated rings. The average molecular weight is 284 g/mol. The summed E-state index contributed by atoms with van der Waals surface area (Å²) in [6, 6.07) is 6.89. The van der Waals surface area contributed by atoms with Crippen LogP contribution in [0.2, 0.25) is 0 Å². The Morgan fingerprint density at radius 1 is 1.29 bits per heavy atom. The van der Waals surface area contributed by atoms with E-state index in [0.717, 1.165) is 12.0 Å². The van der Waals surface area contributed by atoms with Crippen LogP contribution < -0.4 is 0 Å². The van der Waals surface area contributed by atoms with E-state index in [0.29, 0.717) is 17.9 Å². The molecule has 0 spiro atoms. The first-order valence-corrected chi connectivity index (χ1v) is 6.67. The topological polar surface area (TPSA) is 46.5 Å². The second-order valence-corrected chi connectivity index (χ2v) is 4.41. The molecule has 0 unspecified atom stereocenters. The van der Waals surface area contributed by atoms with Crippen molar-refractivity contribution in [2.45, 2.75) is 13.3 Å². The summed E-state index contributed by atoms with van der Waals surface area (Å²) < 4.78 is 5.61. The number of carboxylic acid groups (broad SMARTS) is 1. The molecule has 0 saturated carbocycles. The molecule has 0 aromatic heterocycles. The number of carboxylic acids is 1. The Bertz CT molecular complexity index is 580. The van der Waals surface area contributed by atoms with Crippen molar-refractivity contribution in [1.29, 1.82) is 0 Å². The maximum atomic E-state index is 11.2. The van der Waals surface area contributed by atoms with Crippen LogP contribution in [0.3, 0.4) is 0 Å². The minimum absolute atomic E-state index is 0.273. The summed E-state index contributed by atoms with van der Waals surface area (Å²) in [5.74, 6) is -0.301. The summed E-state index contributed by atoms with van der Waals surface area (Å²) >= 11 is 0. The molecule has 1 aromatic carbocycles. The van der Waals surface area contributed by atoms with E-state index >= 15 is 0 Å². The van der Waals surface area contributed by atoms with Gasteiger partial charge in [0.25, 0.3) is 0 Å². The molecule has 0 atom stereocenters. The normalized spacial score (nSPS) is 11.9. The third kappa shape index (κ3) is 5.15. The molecule has 110 valence electrons. The van der Waals surface area contributed by atoms with Gasteiger partial charge in [0.05, 0.1) is 12.2 Å². The first-order chi connectivity index (χ1) is 10.1. The van der Waals surface area contributed by atoms with Crippen LogP contribution in [-0.2, 0) is 4.74 Å². The lowest BCUT2D eigenvalue weighted by molar-refractivity contribution is 0.0696. The molecule has 0 aliphatic heterocycles. The summed E-state index contributed by atoms with van der Waals surface area (Å²) in [4.78, 5) is 11.2. The molecule has 1 aromatic rings. The van der Waals surface area contributed by atoms with Crippen molar-refractivity contribution < 1.29 is 14.6 Å². The summed E-state index contributed by atoms with van der Waals surface area (Å²) in [6.45, 7) is 9.68.